The van der Waals surface area contributed by atoms with Gasteiger partial charge in [-0.05, 0) is 31.2 Å². The maximum Gasteiger partial charge on any atom is 0.248 e. The molecule has 0 radical (unpaired) electrons. The molecule has 0 heterocycles. The van der Waals surface area contributed by atoms with Crippen molar-refractivity contribution in [3.8, 4) is 11.5 Å². The Kier molecular flexibility index (Phi) is 5.06. The lowest BCUT2D eigenvalue weighted by atomic mass is 10.2. The van der Waals surface area contributed by atoms with Gasteiger partial charge in [0.1, 0.15) is 6.61 Å². The summed E-state index contributed by atoms with van der Waals surface area (Å²) in [6.07, 6.45) is 0. The van der Waals surface area contributed by atoms with Gasteiger partial charge in [0.15, 0.2) is 11.5 Å². The molecule has 110 valence electrons. The summed E-state index contributed by atoms with van der Waals surface area (Å²) < 4.78 is 11.2. The molecule has 0 unspecified atom stereocenters. The molecule has 0 spiro atoms. The Morgan fingerprint density at radius 1 is 1.14 bits per heavy atom. The van der Waals surface area contributed by atoms with E-state index in [1.807, 2.05) is 25.1 Å². The van der Waals surface area contributed by atoms with E-state index >= 15 is 0 Å². The van der Waals surface area contributed by atoms with Crippen molar-refractivity contribution in [1.82, 2.24) is 0 Å². The predicted molar refractivity (Wildman–Crippen MR) is 81.9 cm³/mol. The standard InChI is InChI=1S/C16H16ClNO3/c1-2-20-15-9-11(16(18)19)7-8-14(15)21-10-12-5-3-4-6-13(12)17/h3-9H,2,10H2,1H3,(H2,18,19). The Hall–Kier alpha value is -2.20. The number of rotatable bonds is 6. The van der Waals surface area contributed by atoms with Crippen LogP contribution in [0.3, 0.4) is 0 Å². The maximum atomic E-state index is 11.2. The average Bonchev–Trinajstić information content (AvgIpc) is 2.47. The highest BCUT2D eigenvalue weighted by atomic mass is 35.5. The molecule has 0 saturated heterocycles. The lowest BCUT2D eigenvalue weighted by Crippen LogP contribution is -2.11. The minimum atomic E-state index is -0.506. The SMILES string of the molecule is CCOc1cc(C(N)=O)ccc1OCc1ccccc1Cl. The van der Waals surface area contributed by atoms with Crippen LogP contribution in [0.25, 0.3) is 0 Å². The topological polar surface area (TPSA) is 61.5 Å². The molecule has 2 N–H and O–H groups in total. The molecule has 0 saturated carbocycles. The third-order valence-corrected chi connectivity index (χ3v) is 3.24. The van der Waals surface area contributed by atoms with Gasteiger partial charge in [0.05, 0.1) is 6.61 Å². The van der Waals surface area contributed by atoms with E-state index in [-0.39, 0.29) is 0 Å². The Morgan fingerprint density at radius 3 is 2.57 bits per heavy atom. The van der Waals surface area contributed by atoms with Crippen LogP contribution in [0.15, 0.2) is 42.5 Å². The van der Waals surface area contributed by atoms with E-state index in [1.54, 1.807) is 24.3 Å². The summed E-state index contributed by atoms with van der Waals surface area (Å²) >= 11 is 6.09. The van der Waals surface area contributed by atoms with E-state index in [0.29, 0.717) is 35.3 Å². The van der Waals surface area contributed by atoms with E-state index in [1.165, 1.54) is 0 Å². The van der Waals surface area contributed by atoms with Crippen LogP contribution >= 0.6 is 11.6 Å². The van der Waals surface area contributed by atoms with E-state index in [4.69, 9.17) is 26.8 Å². The Labute approximate surface area is 128 Å². The molecule has 5 heteroatoms. The third-order valence-electron chi connectivity index (χ3n) is 2.87. The Bertz CT molecular complexity index is 643. The zero-order chi connectivity index (χ0) is 15.2. The summed E-state index contributed by atoms with van der Waals surface area (Å²) in [7, 11) is 0. The summed E-state index contributed by atoms with van der Waals surface area (Å²) in [5.74, 6) is 0.524. The highest BCUT2D eigenvalue weighted by Gasteiger charge is 2.10. The second-order valence-electron chi connectivity index (χ2n) is 4.34. The molecule has 4 nitrogen and oxygen atoms in total. The fourth-order valence-corrected chi connectivity index (χ4v) is 2.01. The number of hydrogen-bond donors (Lipinski definition) is 1. The fourth-order valence-electron chi connectivity index (χ4n) is 1.82. The van der Waals surface area contributed by atoms with Gasteiger partial charge in [-0.1, -0.05) is 29.8 Å². The van der Waals surface area contributed by atoms with Crippen molar-refractivity contribution >= 4 is 17.5 Å². The predicted octanol–water partition coefficient (Wildman–Crippen LogP) is 3.42. The van der Waals surface area contributed by atoms with Crippen molar-refractivity contribution in [3.63, 3.8) is 0 Å². The molecule has 21 heavy (non-hydrogen) atoms. The number of primary amides is 1. The smallest absolute Gasteiger partial charge is 0.248 e. The second kappa shape index (κ2) is 6.99. The number of carbonyl (C=O) groups excluding carboxylic acids is 1. The van der Waals surface area contributed by atoms with Crippen LogP contribution in [0, 0.1) is 0 Å². The largest absolute Gasteiger partial charge is 0.490 e. The van der Waals surface area contributed by atoms with Gasteiger partial charge in [0.2, 0.25) is 5.91 Å². The number of hydrogen-bond acceptors (Lipinski definition) is 3. The lowest BCUT2D eigenvalue weighted by Gasteiger charge is -2.13. The Morgan fingerprint density at radius 2 is 1.90 bits per heavy atom. The molecule has 0 bridgehead atoms. The highest BCUT2D eigenvalue weighted by molar-refractivity contribution is 6.31. The highest BCUT2D eigenvalue weighted by Crippen LogP contribution is 2.29. The number of ether oxygens (including phenoxy) is 2. The quantitative estimate of drug-likeness (QED) is 0.889. The van der Waals surface area contributed by atoms with Crippen LogP contribution in [0.5, 0.6) is 11.5 Å². The molecule has 2 aromatic carbocycles. The van der Waals surface area contributed by atoms with Gasteiger partial charge in [0.25, 0.3) is 0 Å². The van der Waals surface area contributed by atoms with Crippen molar-refractivity contribution in [1.29, 1.82) is 0 Å². The molecule has 2 aromatic rings. The number of amides is 1. The molecular formula is C16H16ClNO3. The van der Waals surface area contributed by atoms with Crippen LogP contribution in [0.2, 0.25) is 5.02 Å². The van der Waals surface area contributed by atoms with Crippen molar-refractivity contribution in [3.05, 3.63) is 58.6 Å². The van der Waals surface area contributed by atoms with Gasteiger partial charge >= 0.3 is 0 Å². The van der Waals surface area contributed by atoms with Gasteiger partial charge in [-0.25, -0.2) is 0 Å². The molecular weight excluding hydrogens is 290 g/mol. The molecule has 0 aromatic heterocycles. The van der Waals surface area contributed by atoms with Crippen LogP contribution in [-0.2, 0) is 6.61 Å². The first-order valence-corrected chi connectivity index (χ1v) is 6.92. The number of benzene rings is 2. The van der Waals surface area contributed by atoms with Crippen LogP contribution in [0.1, 0.15) is 22.8 Å². The minimum absolute atomic E-state index is 0.315. The molecule has 0 fully saturated rings. The van der Waals surface area contributed by atoms with Gasteiger partial charge in [-0.3, -0.25) is 4.79 Å². The summed E-state index contributed by atoms with van der Waals surface area (Å²) in [6.45, 7) is 2.63. The van der Waals surface area contributed by atoms with Crippen molar-refractivity contribution in [2.24, 2.45) is 5.73 Å². The second-order valence-corrected chi connectivity index (χ2v) is 4.75. The molecule has 0 aliphatic carbocycles. The molecule has 0 aliphatic rings. The van der Waals surface area contributed by atoms with E-state index in [0.717, 1.165) is 5.56 Å². The van der Waals surface area contributed by atoms with E-state index < -0.39 is 5.91 Å². The van der Waals surface area contributed by atoms with Gasteiger partial charge in [0, 0.05) is 16.1 Å². The first kappa shape index (κ1) is 15.2. The lowest BCUT2D eigenvalue weighted by molar-refractivity contribution is 0.0999. The summed E-state index contributed by atoms with van der Waals surface area (Å²) in [5.41, 5.74) is 6.51. The van der Waals surface area contributed by atoms with E-state index in [9.17, 15) is 4.79 Å². The molecule has 0 aliphatic heterocycles. The molecule has 2 rings (SSSR count). The van der Waals surface area contributed by atoms with Crippen LogP contribution < -0.4 is 15.2 Å². The first-order chi connectivity index (χ1) is 10.1. The van der Waals surface area contributed by atoms with Crippen molar-refractivity contribution < 1.29 is 14.3 Å². The summed E-state index contributed by atoms with van der Waals surface area (Å²) in [4.78, 5) is 11.2. The van der Waals surface area contributed by atoms with Gasteiger partial charge < -0.3 is 15.2 Å². The van der Waals surface area contributed by atoms with Crippen molar-refractivity contribution in [2.45, 2.75) is 13.5 Å². The van der Waals surface area contributed by atoms with Gasteiger partial charge in [-0.2, -0.15) is 0 Å². The summed E-state index contributed by atoms with van der Waals surface area (Å²) in [6, 6.07) is 12.3. The zero-order valence-electron chi connectivity index (χ0n) is 11.6. The fraction of sp³-hybridized carbons (Fsp3) is 0.188. The molecule has 1 amide bonds. The summed E-state index contributed by atoms with van der Waals surface area (Å²) in [5, 5.41) is 0.643. The Balaban J connectivity index is 2.19. The number of carbonyl (C=O) groups is 1. The first-order valence-electron chi connectivity index (χ1n) is 6.54. The number of nitrogens with two attached hydrogens (primary N) is 1. The van der Waals surface area contributed by atoms with Crippen molar-refractivity contribution in [2.75, 3.05) is 6.61 Å². The normalized spacial score (nSPS) is 10.2. The average molecular weight is 306 g/mol. The van der Waals surface area contributed by atoms with E-state index in [2.05, 4.69) is 0 Å². The monoisotopic (exact) mass is 305 g/mol. The minimum Gasteiger partial charge on any atom is -0.490 e. The van der Waals surface area contributed by atoms with Gasteiger partial charge in [-0.15, -0.1) is 0 Å². The molecule has 0 atom stereocenters. The maximum absolute atomic E-state index is 11.2. The van der Waals surface area contributed by atoms with Crippen LogP contribution in [0.4, 0.5) is 0 Å². The zero-order valence-corrected chi connectivity index (χ0v) is 12.4. The third kappa shape index (κ3) is 3.89. The number of halogens is 1. The van der Waals surface area contributed by atoms with Crippen LogP contribution in [-0.4, -0.2) is 12.5 Å².